The zero-order chi connectivity index (χ0) is 9.68. The van der Waals surface area contributed by atoms with Crippen molar-refractivity contribution in [2.75, 3.05) is 12.8 Å². The summed E-state index contributed by atoms with van der Waals surface area (Å²) in [7, 11) is 1.59. The average Bonchev–Trinajstić information content (AvgIpc) is 2.14. The van der Waals surface area contributed by atoms with Crippen LogP contribution >= 0.6 is 23.4 Å². The Bertz CT molecular complexity index is 308. The summed E-state index contributed by atoms with van der Waals surface area (Å²) in [6.45, 7) is 0. The smallest absolute Gasteiger partial charge is 0.230 e. The van der Waals surface area contributed by atoms with Crippen molar-refractivity contribution in [3.63, 3.8) is 0 Å². The molecule has 0 aliphatic rings. The predicted octanol–water partition coefficient (Wildman–Crippen LogP) is 0.968. The van der Waals surface area contributed by atoms with Crippen LogP contribution in [0.3, 0.4) is 0 Å². The van der Waals surface area contributed by atoms with Gasteiger partial charge in [0.25, 0.3) is 0 Å². The van der Waals surface area contributed by atoms with Gasteiger partial charge in [0.05, 0.1) is 5.75 Å². The maximum atomic E-state index is 10.9. The van der Waals surface area contributed by atoms with Crippen LogP contribution in [0.4, 0.5) is 0 Å². The summed E-state index contributed by atoms with van der Waals surface area (Å²) in [6, 6.07) is 1.62. The standard InChI is InChI=1S/C7H8ClN3OS/c1-9-6(12)3-13-7-2-5(8)10-4-11-7/h2,4H,3H2,1H3,(H,9,12). The van der Waals surface area contributed by atoms with Crippen molar-refractivity contribution in [3.8, 4) is 0 Å². The van der Waals surface area contributed by atoms with E-state index in [1.54, 1.807) is 13.1 Å². The van der Waals surface area contributed by atoms with Crippen molar-refractivity contribution < 1.29 is 4.79 Å². The molecular formula is C7H8ClN3OS. The molecule has 0 aliphatic heterocycles. The molecule has 0 bridgehead atoms. The quantitative estimate of drug-likeness (QED) is 0.606. The van der Waals surface area contributed by atoms with Crippen LogP contribution in [-0.2, 0) is 4.79 Å². The fourth-order valence-corrected chi connectivity index (χ4v) is 1.56. The lowest BCUT2D eigenvalue weighted by Gasteiger charge is -1.99. The average molecular weight is 218 g/mol. The second-order valence-corrected chi connectivity index (χ2v) is 3.52. The second-order valence-electron chi connectivity index (χ2n) is 2.14. The summed E-state index contributed by atoms with van der Waals surface area (Å²) >= 11 is 6.95. The topological polar surface area (TPSA) is 54.9 Å². The second kappa shape index (κ2) is 5.04. The molecule has 0 saturated carbocycles. The molecule has 0 unspecified atom stereocenters. The third-order valence-electron chi connectivity index (χ3n) is 1.24. The van der Waals surface area contributed by atoms with Crippen molar-refractivity contribution in [3.05, 3.63) is 17.5 Å². The highest BCUT2D eigenvalue weighted by molar-refractivity contribution is 7.99. The molecular weight excluding hydrogens is 210 g/mol. The van der Waals surface area contributed by atoms with E-state index in [1.165, 1.54) is 18.1 Å². The van der Waals surface area contributed by atoms with Gasteiger partial charge in [0.2, 0.25) is 5.91 Å². The summed E-state index contributed by atoms with van der Waals surface area (Å²) in [5.74, 6) is 0.295. The van der Waals surface area contributed by atoms with Gasteiger partial charge in [0.1, 0.15) is 16.5 Å². The van der Waals surface area contributed by atoms with Crippen LogP contribution in [0.25, 0.3) is 0 Å². The lowest BCUT2D eigenvalue weighted by atomic mass is 10.7. The van der Waals surface area contributed by atoms with Gasteiger partial charge in [-0.15, -0.1) is 0 Å². The number of rotatable bonds is 3. The highest BCUT2D eigenvalue weighted by atomic mass is 35.5. The molecule has 0 atom stereocenters. The fourth-order valence-electron chi connectivity index (χ4n) is 0.608. The summed E-state index contributed by atoms with van der Waals surface area (Å²) in [5.41, 5.74) is 0. The van der Waals surface area contributed by atoms with Gasteiger partial charge in [-0.3, -0.25) is 4.79 Å². The number of hydrogen-bond donors (Lipinski definition) is 1. The Hall–Kier alpha value is -0.810. The zero-order valence-corrected chi connectivity index (χ0v) is 8.52. The minimum absolute atomic E-state index is 0.0419. The van der Waals surface area contributed by atoms with Crippen LogP contribution in [0.2, 0.25) is 5.15 Å². The van der Waals surface area contributed by atoms with E-state index in [0.717, 1.165) is 0 Å². The molecule has 0 saturated heterocycles. The number of carbonyl (C=O) groups excluding carboxylic acids is 1. The fraction of sp³-hybridized carbons (Fsp3) is 0.286. The van der Waals surface area contributed by atoms with E-state index in [-0.39, 0.29) is 5.91 Å². The number of aromatic nitrogens is 2. The van der Waals surface area contributed by atoms with Crippen molar-refractivity contribution in [2.24, 2.45) is 0 Å². The normalized spacial score (nSPS) is 9.69. The Morgan fingerprint density at radius 1 is 1.69 bits per heavy atom. The van der Waals surface area contributed by atoms with E-state index in [0.29, 0.717) is 15.9 Å². The Morgan fingerprint density at radius 2 is 2.46 bits per heavy atom. The van der Waals surface area contributed by atoms with Gasteiger partial charge in [-0.2, -0.15) is 0 Å². The molecule has 1 heterocycles. The van der Waals surface area contributed by atoms with Gasteiger partial charge in [-0.1, -0.05) is 23.4 Å². The third-order valence-corrected chi connectivity index (χ3v) is 2.37. The van der Waals surface area contributed by atoms with E-state index in [4.69, 9.17) is 11.6 Å². The summed E-state index contributed by atoms with van der Waals surface area (Å²) in [4.78, 5) is 18.5. The number of thioether (sulfide) groups is 1. The van der Waals surface area contributed by atoms with E-state index in [1.807, 2.05) is 0 Å². The number of amides is 1. The van der Waals surface area contributed by atoms with Gasteiger partial charge in [0.15, 0.2) is 0 Å². The monoisotopic (exact) mass is 217 g/mol. The van der Waals surface area contributed by atoms with Crippen LogP contribution in [0.5, 0.6) is 0 Å². The van der Waals surface area contributed by atoms with Crippen molar-refractivity contribution >= 4 is 29.3 Å². The molecule has 6 heteroatoms. The number of nitrogens with zero attached hydrogens (tertiary/aromatic N) is 2. The SMILES string of the molecule is CNC(=O)CSc1cc(Cl)ncn1. The minimum atomic E-state index is -0.0419. The van der Waals surface area contributed by atoms with Crippen LogP contribution < -0.4 is 5.32 Å². The number of halogens is 1. The molecule has 1 N–H and O–H groups in total. The molecule has 0 aromatic carbocycles. The molecule has 0 fully saturated rings. The van der Waals surface area contributed by atoms with Gasteiger partial charge in [-0.05, 0) is 0 Å². The Kier molecular flexibility index (Phi) is 3.98. The Labute approximate surface area is 85.1 Å². The van der Waals surface area contributed by atoms with Gasteiger partial charge in [-0.25, -0.2) is 9.97 Å². The van der Waals surface area contributed by atoms with Crippen LogP contribution in [0.1, 0.15) is 0 Å². The number of nitrogens with one attached hydrogen (secondary N) is 1. The number of carbonyl (C=O) groups is 1. The van der Waals surface area contributed by atoms with E-state index >= 15 is 0 Å². The van der Waals surface area contributed by atoms with Crippen molar-refractivity contribution in [1.82, 2.24) is 15.3 Å². The van der Waals surface area contributed by atoms with Crippen LogP contribution in [0, 0.1) is 0 Å². The zero-order valence-electron chi connectivity index (χ0n) is 6.95. The maximum absolute atomic E-state index is 10.9. The molecule has 4 nitrogen and oxygen atoms in total. The Balaban J connectivity index is 2.50. The molecule has 13 heavy (non-hydrogen) atoms. The third kappa shape index (κ3) is 3.61. The summed E-state index contributed by atoms with van der Waals surface area (Å²) in [5, 5.41) is 3.60. The highest BCUT2D eigenvalue weighted by Gasteiger charge is 2.01. The van der Waals surface area contributed by atoms with Crippen molar-refractivity contribution in [1.29, 1.82) is 0 Å². The lowest BCUT2D eigenvalue weighted by Crippen LogP contribution is -2.19. The first kappa shape index (κ1) is 10.3. The maximum Gasteiger partial charge on any atom is 0.230 e. The summed E-state index contributed by atoms with van der Waals surface area (Å²) < 4.78 is 0. The first-order valence-electron chi connectivity index (χ1n) is 3.53. The Morgan fingerprint density at radius 3 is 3.08 bits per heavy atom. The molecule has 0 aliphatic carbocycles. The van der Waals surface area contributed by atoms with Gasteiger partial charge >= 0.3 is 0 Å². The largest absolute Gasteiger partial charge is 0.358 e. The summed E-state index contributed by atoms with van der Waals surface area (Å²) in [6.07, 6.45) is 1.37. The first-order valence-corrected chi connectivity index (χ1v) is 4.89. The molecule has 70 valence electrons. The van der Waals surface area contributed by atoms with Crippen molar-refractivity contribution in [2.45, 2.75) is 5.03 Å². The molecule has 1 amide bonds. The molecule has 1 aromatic rings. The van der Waals surface area contributed by atoms with E-state index < -0.39 is 0 Å². The molecule has 0 spiro atoms. The first-order chi connectivity index (χ1) is 6.22. The predicted molar refractivity (Wildman–Crippen MR) is 51.8 cm³/mol. The molecule has 1 aromatic heterocycles. The van der Waals surface area contributed by atoms with E-state index in [2.05, 4.69) is 15.3 Å². The minimum Gasteiger partial charge on any atom is -0.358 e. The van der Waals surface area contributed by atoms with Crippen LogP contribution in [-0.4, -0.2) is 28.7 Å². The molecule has 0 radical (unpaired) electrons. The lowest BCUT2D eigenvalue weighted by molar-refractivity contribution is -0.118. The molecule has 1 rings (SSSR count). The highest BCUT2D eigenvalue weighted by Crippen LogP contribution is 2.16. The van der Waals surface area contributed by atoms with Crippen LogP contribution in [0.15, 0.2) is 17.4 Å². The van der Waals surface area contributed by atoms with Gasteiger partial charge in [0, 0.05) is 13.1 Å². The van der Waals surface area contributed by atoms with E-state index in [9.17, 15) is 4.79 Å². The number of hydrogen-bond acceptors (Lipinski definition) is 4. The van der Waals surface area contributed by atoms with Gasteiger partial charge < -0.3 is 5.32 Å².